The summed E-state index contributed by atoms with van der Waals surface area (Å²) < 4.78 is 11.1. The maximum absolute atomic E-state index is 12.4. The molecule has 0 aromatic heterocycles. The average Bonchev–Trinajstić information content (AvgIpc) is 3.18. The summed E-state index contributed by atoms with van der Waals surface area (Å²) in [4.78, 5) is 25.2. The molecule has 0 aliphatic carbocycles. The number of unbranched alkanes of at least 4 members (excludes halogenated alkanes) is 21. The second kappa shape index (κ2) is 48.2. The van der Waals surface area contributed by atoms with Crippen LogP contribution in [0, 0.1) is 11.8 Å². The van der Waals surface area contributed by atoms with Crippen LogP contribution < -0.4 is 0 Å². The monoisotopic (exact) mass is 768 g/mol. The number of aliphatic hydroxyl groups excluding tert-OH is 1. The molecule has 6 nitrogen and oxygen atoms in total. The molecule has 0 rings (SSSR count). The summed E-state index contributed by atoms with van der Waals surface area (Å²) in [5.41, 5.74) is 0. The third-order valence-corrected chi connectivity index (χ3v) is 11.0. The second-order valence-corrected chi connectivity index (χ2v) is 16.4. The zero-order valence-electron chi connectivity index (χ0n) is 37.3. The number of carbonyl (C=O) groups excluding carboxylic acids is 2. The number of aldehydes is 1. The van der Waals surface area contributed by atoms with Crippen molar-refractivity contribution in [3.8, 4) is 0 Å². The van der Waals surface area contributed by atoms with Crippen LogP contribution in [0.2, 0.25) is 0 Å². The molecule has 0 aliphatic heterocycles. The fourth-order valence-electron chi connectivity index (χ4n) is 7.44. The zero-order chi connectivity index (χ0) is 40.0. The van der Waals surface area contributed by atoms with E-state index in [-0.39, 0.29) is 12.6 Å². The van der Waals surface area contributed by atoms with Crippen molar-refractivity contribution in [3.63, 3.8) is 0 Å². The Morgan fingerprint density at radius 2 is 0.907 bits per heavy atom. The van der Waals surface area contributed by atoms with E-state index >= 15 is 0 Å². The summed E-state index contributed by atoms with van der Waals surface area (Å²) >= 11 is 0. The van der Waals surface area contributed by atoms with Crippen LogP contribution in [-0.2, 0) is 19.1 Å². The number of ether oxygens (including phenoxy) is 2. The van der Waals surface area contributed by atoms with Crippen LogP contribution in [0.15, 0.2) is 0 Å². The Morgan fingerprint density at radius 3 is 1.35 bits per heavy atom. The van der Waals surface area contributed by atoms with E-state index in [2.05, 4.69) is 32.6 Å². The van der Waals surface area contributed by atoms with E-state index in [1.807, 2.05) is 7.11 Å². The third-order valence-electron chi connectivity index (χ3n) is 11.0. The Bertz CT molecular complexity index is 719. The predicted molar refractivity (Wildman–Crippen MR) is 234 cm³/mol. The minimum atomic E-state index is -0.0242. The van der Waals surface area contributed by atoms with Gasteiger partial charge in [0.25, 0.3) is 0 Å². The number of hydrogen-bond acceptors (Lipinski definition) is 6. The predicted octanol–water partition coefficient (Wildman–Crippen LogP) is 13.8. The van der Waals surface area contributed by atoms with E-state index in [9.17, 15) is 9.59 Å². The molecule has 0 aromatic carbocycles. The van der Waals surface area contributed by atoms with E-state index in [0.29, 0.717) is 25.4 Å². The molecule has 0 spiro atoms. The molecule has 0 aliphatic rings. The van der Waals surface area contributed by atoms with Gasteiger partial charge >= 0.3 is 5.97 Å². The summed E-state index contributed by atoms with van der Waals surface area (Å²) in [7, 11) is 1.85. The summed E-state index contributed by atoms with van der Waals surface area (Å²) in [5.74, 6) is 1.32. The quantitative estimate of drug-likeness (QED) is 0.0378. The molecule has 0 saturated carbocycles. The van der Waals surface area contributed by atoms with Gasteiger partial charge in [0.1, 0.15) is 6.29 Å². The van der Waals surface area contributed by atoms with Crippen molar-refractivity contribution in [2.24, 2.45) is 11.8 Å². The highest BCUT2D eigenvalue weighted by Crippen LogP contribution is 2.21. The van der Waals surface area contributed by atoms with Crippen molar-refractivity contribution in [2.45, 2.75) is 240 Å². The third kappa shape index (κ3) is 43.7. The first-order valence-corrected chi connectivity index (χ1v) is 23.9. The molecule has 324 valence electrons. The number of methoxy groups -OCH3 is 1. The summed E-state index contributed by atoms with van der Waals surface area (Å²) in [6, 6.07) is 0. The number of nitrogens with zero attached hydrogens (tertiary/aromatic N) is 1. The number of hydrogen-bond donors (Lipinski definition) is 1. The summed E-state index contributed by atoms with van der Waals surface area (Å²) in [6.07, 6.45) is 41.4. The molecule has 2 unspecified atom stereocenters. The van der Waals surface area contributed by atoms with Gasteiger partial charge in [-0.2, -0.15) is 0 Å². The lowest BCUT2D eigenvalue weighted by Gasteiger charge is -2.22. The summed E-state index contributed by atoms with van der Waals surface area (Å²) in [6.45, 7) is 13.8. The fourth-order valence-corrected chi connectivity index (χ4v) is 7.44. The number of aliphatic hydroxyl groups is 1. The van der Waals surface area contributed by atoms with Crippen LogP contribution >= 0.6 is 0 Å². The lowest BCUT2D eigenvalue weighted by Crippen LogP contribution is -2.28. The molecule has 1 N–H and O–H groups in total. The standard InChI is InChI=1S/C31H61NO4.C17H36O/c1-3-5-7-9-10-15-22-30(21-14-8-6-4-2)29-36-31(35)23-16-13-18-25-32(26-20-28-34)24-17-11-12-19-27-33;1-4-6-8-10-11-13-15-17(16-18-3)14-12-9-7-5-2/h27,30,34H,3-26,28-29H2,1-2H3;17H,4-16H2,1-3H3. The first-order valence-electron chi connectivity index (χ1n) is 23.9. The van der Waals surface area contributed by atoms with Crippen LogP contribution in [0.1, 0.15) is 240 Å². The smallest absolute Gasteiger partial charge is 0.305 e. The van der Waals surface area contributed by atoms with Crippen LogP contribution in [-0.4, -0.2) is 68.8 Å². The Labute approximate surface area is 338 Å². The number of rotatable bonds is 43. The maximum atomic E-state index is 12.4. The van der Waals surface area contributed by atoms with Crippen molar-refractivity contribution in [2.75, 3.05) is 46.6 Å². The Hall–Kier alpha value is -0.980. The SMILES string of the molecule is CCCCCCCCC(CCCCCC)COC.CCCCCCCCC(CCCCCC)COC(=O)CCCCCN(CCCO)CCCCCC=O. The van der Waals surface area contributed by atoms with E-state index in [4.69, 9.17) is 14.6 Å². The highest BCUT2D eigenvalue weighted by Gasteiger charge is 2.13. The molecule has 6 heteroatoms. The van der Waals surface area contributed by atoms with Gasteiger partial charge in [-0.05, 0) is 82.7 Å². The normalized spacial score (nSPS) is 12.4. The van der Waals surface area contributed by atoms with Gasteiger partial charge in [-0.25, -0.2) is 0 Å². The van der Waals surface area contributed by atoms with Crippen molar-refractivity contribution in [1.82, 2.24) is 4.90 Å². The van der Waals surface area contributed by atoms with Gasteiger partial charge in [0.15, 0.2) is 0 Å². The Kier molecular flexibility index (Phi) is 49.2. The highest BCUT2D eigenvalue weighted by molar-refractivity contribution is 5.69. The molecule has 0 aromatic rings. The first-order chi connectivity index (χ1) is 26.5. The average molecular weight is 768 g/mol. The lowest BCUT2D eigenvalue weighted by molar-refractivity contribution is -0.145. The molecule has 54 heavy (non-hydrogen) atoms. The highest BCUT2D eigenvalue weighted by atomic mass is 16.5. The van der Waals surface area contributed by atoms with Crippen molar-refractivity contribution < 1.29 is 24.2 Å². The molecule has 0 heterocycles. The van der Waals surface area contributed by atoms with Gasteiger partial charge < -0.3 is 24.3 Å². The van der Waals surface area contributed by atoms with Crippen LogP contribution in [0.4, 0.5) is 0 Å². The molecular formula is C48H97NO5. The topological polar surface area (TPSA) is 76.1 Å². The fraction of sp³-hybridized carbons (Fsp3) is 0.958. The van der Waals surface area contributed by atoms with Crippen molar-refractivity contribution >= 4 is 12.3 Å². The largest absolute Gasteiger partial charge is 0.465 e. The van der Waals surface area contributed by atoms with Crippen LogP contribution in [0.5, 0.6) is 0 Å². The van der Waals surface area contributed by atoms with E-state index in [0.717, 1.165) is 83.4 Å². The van der Waals surface area contributed by atoms with Crippen molar-refractivity contribution in [3.05, 3.63) is 0 Å². The molecular weight excluding hydrogens is 671 g/mol. The molecule has 0 fully saturated rings. The van der Waals surface area contributed by atoms with Gasteiger partial charge in [0.2, 0.25) is 0 Å². The van der Waals surface area contributed by atoms with Crippen LogP contribution in [0.25, 0.3) is 0 Å². The van der Waals surface area contributed by atoms with E-state index in [1.54, 1.807) is 0 Å². The van der Waals surface area contributed by atoms with Crippen molar-refractivity contribution in [1.29, 1.82) is 0 Å². The van der Waals surface area contributed by atoms with Gasteiger partial charge in [-0.3, -0.25) is 4.79 Å². The maximum Gasteiger partial charge on any atom is 0.305 e. The minimum absolute atomic E-state index is 0.0242. The Morgan fingerprint density at radius 1 is 0.519 bits per heavy atom. The number of carbonyl (C=O) groups is 2. The van der Waals surface area contributed by atoms with Crippen LogP contribution in [0.3, 0.4) is 0 Å². The minimum Gasteiger partial charge on any atom is -0.465 e. The summed E-state index contributed by atoms with van der Waals surface area (Å²) in [5, 5.41) is 9.16. The molecule has 0 radical (unpaired) electrons. The van der Waals surface area contributed by atoms with Gasteiger partial charge in [0.05, 0.1) is 6.61 Å². The first kappa shape index (κ1) is 55.1. The lowest BCUT2D eigenvalue weighted by atomic mass is 9.95. The molecule has 0 amide bonds. The zero-order valence-corrected chi connectivity index (χ0v) is 37.3. The van der Waals surface area contributed by atoms with Gasteiger partial charge in [-0.15, -0.1) is 0 Å². The Balaban J connectivity index is 0. The second-order valence-electron chi connectivity index (χ2n) is 16.4. The van der Waals surface area contributed by atoms with E-state index < -0.39 is 0 Å². The van der Waals surface area contributed by atoms with Gasteiger partial charge in [-0.1, -0.05) is 169 Å². The number of esters is 1. The molecule has 2 atom stereocenters. The molecule has 0 bridgehead atoms. The molecule has 0 saturated heterocycles. The van der Waals surface area contributed by atoms with Gasteiger partial charge in [0, 0.05) is 39.7 Å². The van der Waals surface area contributed by atoms with E-state index in [1.165, 1.54) is 154 Å².